The van der Waals surface area contributed by atoms with Crippen molar-refractivity contribution in [3.63, 3.8) is 0 Å². The van der Waals surface area contributed by atoms with Gasteiger partial charge in [0.1, 0.15) is 5.82 Å². The summed E-state index contributed by atoms with van der Waals surface area (Å²) in [5.74, 6) is 1.55. The Morgan fingerprint density at radius 3 is 2.35 bits per heavy atom. The molecule has 3 rings (SSSR count). The molecule has 110 valence electrons. The largest absolute Gasteiger partial charge is 0.319 e. The molecular formula is C17H27N3. The molecule has 1 aromatic rings. The highest BCUT2D eigenvalue weighted by atomic mass is 15.0. The van der Waals surface area contributed by atoms with E-state index in [0.717, 1.165) is 24.4 Å². The van der Waals surface area contributed by atoms with Gasteiger partial charge >= 0.3 is 0 Å². The van der Waals surface area contributed by atoms with E-state index in [0.29, 0.717) is 5.92 Å². The minimum atomic E-state index is -0.270. The molecule has 0 aliphatic heterocycles. The average molecular weight is 273 g/mol. The van der Waals surface area contributed by atoms with E-state index in [9.17, 15) is 0 Å². The van der Waals surface area contributed by atoms with Crippen LogP contribution < -0.4 is 5.73 Å². The van der Waals surface area contributed by atoms with E-state index < -0.39 is 0 Å². The standard InChI is InChI=1S/C17H27N3/c1-13-12-15(14-8-4-2-5-9-14)20-16(19-13)17(18)10-6-3-7-11-17/h12,14H,2-11,18H2,1H3. The van der Waals surface area contributed by atoms with Gasteiger partial charge in [-0.25, -0.2) is 9.97 Å². The number of nitrogens with two attached hydrogens (primary N) is 1. The molecule has 3 heteroatoms. The van der Waals surface area contributed by atoms with Crippen molar-refractivity contribution in [2.24, 2.45) is 5.73 Å². The number of rotatable bonds is 2. The van der Waals surface area contributed by atoms with Gasteiger partial charge in [-0.3, -0.25) is 0 Å². The van der Waals surface area contributed by atoms with Crippen LogP contribution in [0.15, 0.2) is 6.07 Å². The van der Waals surface area contributed by atoms with Crippen molar-refractivity contribution in [1.82, 2.24) is 9.97 Å². The van der Waals surface area contributed by atoms with Gasteiger partial charge in [0.25, 0.3) is 0 Å². The highest BCUT2D eigenvalue weighted by molar-refractivity contribution is 5.19. The normalized spacial score (nSPS) is 23.7. The monoisotopic (exact) mass is 273 g/mol. The molecule has 1 aromatic heterocycles. The first-order chi connectivity index (χ1) is 9.67. The van der Waals surface area contributed by atoms with Gasteiger partial charge in [-0.1, -0.05) is 38.5 Å². The van der Waals surface area contributed by atoms with E-state index >= 15 is 0 Å². The first kappa shape index (κ1) is 14.0. The molecule has 2 aliphatic carbocycles. The Hall–Kier alpha value is -0.960. The van der Waals surface area contributed by atoms with E-state index in [1.165, 1.54) is 57.1 Å². The van der Waals surface area contributed by atoms with Crippen LogP contribution in [0.4, 0.5) is 0 Å². The molecule has 2 saturated carbocycles. The lowest BCUT2D eigenvalue weighted by Gasteiger charge is -2.33. The van der Waals surface area contributed by atoms with Crippen molar-refractivity contribution in [2.75, 3.05) is 0 Å². The maximum absolute atomic E-state index is 6.62. The molecule has 0 bridgehead atoms. The smallest absolute Gasteiger partial charge is 0.148 e. The molecule has 0 aromatic carbocycles. The highest BCUT2D eigenvalue weighted by Gasteiger charge is 2.33. The summed E-state index contributed by atoms with van der Waals surface area (Å²) in [6.07, 6.45) is 12.5. The van der Waals surface area contributed by atoms with Gasteiger partial charge < -0.3 is 5.73 Å². The summed E-state index contributed by atoms with van der Waals surface area (Å²) in [6.45, 7) is 2.09. The summed E-state index contributed by atoms with van der Waals surface area (Å²) < 4.78 is 0. The van der Waals surface area contributed by atoms with Crippen LogP contribution in [0, 0.1) is 6.92 Å². The van der Waals surface area contributed by atoms with Gasteiger partial charge in [0, 0.05) is 17.3 Å². The summed E-state index contributed by atoms with van der Waals surface area (Å²) in [4.78, 5) is 9.60. The topological polar surface area (TPSA) is 51.8 Å². The Labute approximate surface area is 122 Å². The van der Waals surface area contributed by atoms with Gasteiger partial charge in [-0.15, -0.1) is 0 Å². The van der Waals surface area contributed by atoms with Gasteiger partial charge in [0.2, 0.25) is 0 Å². The van der Waals surface area contributed by atoms with Crippen LogP contribution in [0.25, 0.3) is 0 Å². The molecule has 0 spiro atoms. The third-order valence-electron chi connectivity index (χ3n) is 5.09. The zero-order valence-corrected chi connectivity index (χ0v) is 12.7. The molecule has 3 nitrogen and oxygen atoms in total. The van der Waals surface area contributed by atoms with Crippen LogP contribution in [0.1, 0.15) is 87.3 Å². The van der Waals surface area contributed by atoms with Gasteiger partial charge in [0.05, 0.1) is 5.54 Å². The molecule has 0 unspecified atom stereocenters. The second-order valence-electron chi connectivity index (χ2n) is 6.81. The number of hydrogen-bond donors (Lipinski definition) is 1. The zero-order valence-electron chi connectivity index (χ0n) is 12.7. The second-order valence-corrected chi connectivity index (χ2v) is 6.81. The van der Waals surface area contributed by atoms with E-state index in [4.69, 9.17) is 10.7 Å². The Bertz CT molecular complexity index is 457. The van der Waals surface area contributed by atoms with Crippen molar-refractivity contribution in [3.05, 3.63) is 23.3 Å². The Morgan fingerprint density at radius 1 is 1.00 bits per heavy atom. The van der Waals surface area contributed by atoms with Crippen molar-refractivity contribution in [3.8, 4) is 0 Å². The molecule has 20 heavy (non-hydrogen) atoms. The predicted octanol–water partition coefficient (Wildman–Crippen LogP) is 3.95. The molecule has 0 radical (unpaired) electrons. The summed E-state index contributed by atoms with van der Waals surface area (Å²) >= 11 is 0. The van der Waals surface area contributed by atoms with Crippen LogP contribution in [-0.2, 0) is 5.54 Å². The molecule has 0 atom stereocenters. The van der Waals surface area contributed by atoms with Crippen molar-refractivity contribution < 1.29 is 0 Å². The number of nitrogens with zero attached hydrogens (tertiary/aromatic N) is 2. The third kappa shape index (κ3) is 2.88. The number of aryl methyl sites for hydroxylation is 1. The van der Waals surface area contributed by atoms with Crippen LogP contribution in [0.3, 0.4) is 0 Å². The lowest BCUT2D eigenvalue weighted by Crippen LogP contribution is -2.40. The summed E-state index contributed by atoms with van der Waals surface area (Å²) in [5.41, 5.74) is 8.69. The average Bonchev–Trinajstić information content (AvgIpc) is 2.48. The quantitative estimate of drug-likeness (QED) is 0.887. The predicted molar refractivity (Wildman–Crippen MR) is 81.5 cm³/mol. The molecule has 0 amide bonds. The molecular weight excluding hydrogens is 246 g/mol. The third-order valence-corrected chi connectivity index (χ3v) is 5.09. The van der Waals surface area contributed by atoms with Gasteiger partial charge in [-0.05, 0) is 38.7 Å². The summed E-state index contributed by atoms with van der Waals surface area (Å²) in [6, 6.07) is 2.19. The lowest BCUT2D eigenvalue weighted by molar-refractivity contribution is 0.284. The van der Waals surface area contributed by atoms with E-state index in [2.05, 4.69) is 18.0 Å². The summed E-state index contributed by atoms with van der Waals surface area (Å²) in [7, 11) is 0. The molecule has 2 N–H and O–H groups in total. The Balaban J connectivity index is 1.89. The minimum absolute atomic E-state index is 0.270. The van der Waals surface area contributed by atoms with Crippen LogP contribution in [0.2, 0.25) is 0 Å². The lowest BCUT2D eigenvalue weighted by atomic mass is 9.81. The fourth-order valence-electron chi connectivity index (χ4n) is 3.83. The van der Waals surface area contributed by atoms with Crippen LogP contribution in [-0.4, -0.2) is 9.97 Å². The maximum atomic E-state index is 6.62. The maximum Gasteiger partial charge on any atom is 0.148 e. The first-order valence-corrected chi connectivity index (χ1v) is 8.32. The van der Waals surface area contributed by atoms with Crippen molar-refractivity contribution >= 4 is 0 Å². The zero-order chi connectivity index (χ0) is 14.0. The Kier molecular flexibility index (Phi) is 4.06. The van der Waals surface area contributed by atoms with Crippen LogP contribution >= 0.6 is 0 Å². The fourth-order valence-corrected chi connectivity index (χ4v) is 3.83. The van der Waals surface area contributed by atoms with E-state index in [-0.39, 0.29) is 5.54 Å². The second kappa shape index (κ2) is 5.80. The fraction of sp³-hybridized carbons (Fsp3) is 0.765. The Morgan fingerprint density at radius 2 is 1.65 bits per heavy atom. The van der Waals surface area contributed by atoms with E-state index in [1.807, 2.05) is 0 Å². The van der Waals surface area contributed by atoms with Gasteiger partial charge in [-0.2, -0.15) is 0 Å². The molecule has 1 heterocycles. The highest BCUT2D eigenvalue weighted by Crippen LogP contribution is 2.36. The van der Waals surface area contributed by atoms with Gasteiger partial charge in [0.15, 0.2) is 0 Å². The number of aromatic nitrogens is 2. The van der Waals surface area contributed by atoms with E-state index in [1.54, 1.807) is 0 Å². The van der Waals surface area contributed by atoms with Crippen molar-refractivity contribution in [1.29, 1.82) is 0 Å². The molecule has 2 aliphatic rings. The van der Waals surface area contributed by atoms with Crippen molar-refractivity contribution in [2.45, 2.75) is 82.6 Å². The molecule has 0 saturated heterocycles. The first-order valence-electron chi connectivity index (χ1n) is 8.32. The molecule has 2 fully saturated rings. The summed E-state index contributed by atoms with van der Waals surface area (Å²) in [5, 5.41) is 0. The number of hydrogen-bond acceptors (Lipinski definition) is 3. The SMILES string of the molecule is Cc1cc(C2CCCCC2)nc(C2(N)CCCCC2)n1. The van der Waals surface area contributed by atoms with Crippen LogP contribution in [0.5, 0.6) is 0 Å². The minimum Gasteiger partial charge on any atom is -0.319 e.